The fourth-order valence-electron chi connectivity index (χ4n) is 4.80. The van der Waals surface area contributed by atoms with E-state index in [1.807, 2.05) is 48.5 Å². The van der Waals surface area contributed by atoms with Gasteiger partial charge in [-0.2, -0.15) is 0 Å². The molecule has 196 valence electrons. The summed E-state index contributed by atoms with van der Waals surface area (Å²) in [5, 5.41) is 6.88. The van der Waals surface area contributed by atoms with Crippen LogP contribution in [-0.2, 0) is 9.59 Å². The number of benzene rings is 3. The number of amides is 2. The van der Waals surface area contributed by atoms with E-state index in [1.165, 1.54) is 0 Å². The Morgan fingerprint density at radius 2 is 1.79 bits per heavy atom. The molecule has 1 fully saturated rings. The van der Waals surface area contributed by atoms with Crippen LogP contribution in [0.1, 0.15) is 11.1 Å². The van der Waals surface area contributed by atoms with Crippen LogP contribution >= 0.6 is 11.6 Å². The van der Waals surface area contributed by atoms with Crippen LogP contribution in [0.5, 0.6) is 0 Å². The minimum Gasteiger partial charge on any atom is -0.397 e. The Kier molecular flexibility index (Phi) is 7.37. The van der Waals surface area contributed by atoms with E-state index in [2.05, 4.69) is 27.5 Å². The number of likely N-dealkylation sites (N-methyl/N-ethyl adjacent to an activating group) is 2. The Bertz CT molecular complexity index is 1400. The van der Waals surface area contributed by atoms with E-state index in [-0.39, 0.29) is 11.8 Å². The second kappa shape index (κ2) is 10.9. The van der Waals surface area contributed by atoms with Crippen LogP contribution < -0.4 is 21.3 Å². The lowest BCUT2D eigenvalue weighted by Gasteiger charge is -2.33. The molecule has 38 heavy (non-hydrogen) atoms. The van der Waals surface area contributed by atoms with Crippen molar-refractivity contribution in [1.82, 2.24) is 9.80 Å². The number of rotatable bonds is 6. The number of carbonyl (C=O) groups is 2. The first kappa shape index (κ1) is 25.8. The van der Waals surface area contributed by atoms with Gasteiger partial charge in [0.2, 0.25) is 5.91 Å². The fourth-order valence-corrected chi connectivity index (χ4v) is 4.97. The van der Waals surface area contributed by atoms with Crippen molar-refractivity contribution in [3.05, 3.63) is 82.9 Å². The molecule has 0 atom stereocenters. The molecule has 3 aromatic rings. The summed E-state index contributed by atoms with van der Waals surface area (Å²) in [6.45, 7) is 4.00. The molecular formula is C29H31ClN6O2. The summed E-state index contributed by atoms with van der Waals surface area (Å²) in [6.07, 6.45) is 0. The molecule has 5 rings (SSSR count). The van der Waals surface area contributed by atoms with Crippen molar-refractivity contribution in [1.29, 1.82) is 0 Å². The standard InChI is InChI=1S/C29H31ClN6O2/c1-34-12-14-36(15-13-34)18-26(37)35(2)25-11-9-21(17-23(25)31)32-28(19-6-4-3-5-7-19)27-22-10-8-20(30)16-24(22)33-29(27)38/h3-11,16-17,32H,12-15,18,31H2,1-2H3,(H,33,38). The molecule has 0 bridgehead atoms. The molecular weight excluding hydrogens is 500 g/mol. The molecule has 9 heteroatoms. The Hall–Kier alpha value is -3.85. The van der Waals surface area contributed by atoms with Gasteiger partial charge in [-0.3, -0.25) is 14.5 Å². The molecule has 2 amide bonds. The van der Waals surface area contributed by atoms with Gasteiger partial charge in [-0.15, -0.1) is 0 Å². The van der Waals surface area contributed by atoms with Gasteiger partial charge in [0.25, 0.3) is 5.91 Å². The second-order valence-electron chi connectivity index (χ2n) is 9.69. The summed E-state index contributed by atoms with van der Waals surface area (Å²) in [5.41, 5.74) is 11.7. The van der Waals surface area contributed by atoms with Crippen molar-refractivity contribution in [3.8, 4) is 0 Å². The number of nitrogens with one attached hydrogen (secondary N) is 2. The van der Waals surface area contributed by atoms with E-state index in [4.69, 9.17) is 17.3 Å². The fraction of sp³-hybridized carbons (Fsp3) is 0.241. The maximum atomic E-state index is 13.1. The van der Waals surface area contributed by atoms with Crippen molar-refractivity contribution in [3.63, 3.8) is 0 Å². The first-order chi connectivity index (χ1) is 18.3. The molecule has 0 unspecified atom stereocenters. The first-order valence-electron chi connectivity index (χ1n) is 12.5. The molecule has 2 heterocycles. The number of nitrogens with two attached hydrogens (primary N) is 1. The zero-order chi connectivity index (χ0) is 26.8. The number of nitrogen functional groups attached to an aromatic ring is 1. The lowest BCUT2D eigenvalue weighted by molar-refractivity contribution is -0.119. The molecule has 3 aromatic carbocycles. The van der Waals surface area contributed by atoms with E-state index in [1.54, 1.807) is 30.1 Å². The normalized spacial score (nSPS) is 17.1. The molecule has 1 saturated heterocycles. The minimum atomic E-state index is -0.215. The van der Waals surface area contributed by atoms with Crippen LogP contribution in [0.4, 0.5) is 22.7 Å². The Morgan fingerprint density at radius 3 is 2.50 bits per heavy atom. The quantitative estimate of drug-likeness (QED) is 0.329. The third-order valence-electron chi connectivity index (χ3n) is 7.03. The maximum Gasteiger partial charge on any atom is 0.258 e. The SMILES string of the molecule is CN1CCN(CC(=O)N(C)c2ccc(NC(=C3C(=O)Nc4cc(Cl)ccc43)c3ccccc3)cc2N)CC1. The molecule has 0 aliphatic carbocycles. The number of carbonyl (C=O) groups excluding carboxylic acids is 2. The summed E-state index contributed by atoms with van der Waals surface area (Å²) >= 11 is 6.16. The zero-order valence-electron chi connectivity index (χ0n) is 21.5. The number of halogens is 1. The number of anilines is 4. The van der Waals surface area contributed by atoms with Crippen molar-refractivity contribution in [2.24, 2.45) is 0 Å². The van der Waals surface area contributed by atoms with Gasteiger partial charge in [0.15, 0.2) is 0 Å². The lowest BCUT2D eigenvalue weighted by atomic mass is 10.00. The third-order valence-corrected chi connectivity index (χ3v) is 7.26. The van der Waals surface area contributed by atoms with Crippen molar-refractivity contribution in [2.75, 3.05) is 68.1 Å². The highest BCUT2D eigenvalue weighted by Gasteiger charge is 2.29. The predicted molar refractivity (Wildman–Crippen MR) is 155 cm³/mol. The van der Waals surface area contributed by atoms with Crippen LogP contribution in [0, 0.1) is 0 Å². The van der Waals surface area contributed by atoms with Crippen molar-refractivity contribution >= 4 is 57.4 Å². The molecule has 2 aliphatic heterocycles. The highest BCUT2D eigenvalue weighted by molar-refractivity contribution is 6.38. The molecule has 0 spiro atoms. The van der Waals surface area contributed by atoms with Crippen LogP contribution in [0.3, 0.4) is 0 Å². The zero-order valence-corrected chi connectivity index (χ0v) is 22.3. The summed E-state index contributed by atoms with van der Waals surface area (Å²) in [5.74, 6) is -0.223. The largest absolute Gasteiger partial charge is 0.397 e. The number of hydrogen-bond acceptors (Lipinski definition) is 6. The third kappa shape index (κ3) is 5.38. The molecule has 0 radical (unpaired) electrons. The van der Waals surface area contributed by atoms with E-state index < -0.39 is 0 Å². The van der Waals surface area contributed by atoms with E-state index in [9.17, 15) is 9.59 Å². The summed E-state index contributed by atoms with van der Waals surface area (Å²) in [6, 6.07) is 20.5. The topological polar surface area (TPSA) is 93.9 Å². The molecule has 0 saturated carbocycles. The van der Waals surface area contributed by atoms with E-state index in [0.717, 1.165) is 37.3 Å². The van der Waals surface area contributed by atoms with Gasteiger partial charge in [-0.05, 0) is 42.9 Å². The highest BCUT2D eigenvalue weighted by atomic mass is 35.5. The van der Waals surface area contributed by atoms with E-state index in [0.29, 0.717) is 45.6 Å². The number of hydrogen-bond donors (Lipinski definition) is 3. The first-order valence-corrected chi connectivity index (χ1v) is 12.9. The lowest BCUT2D eigenvalue weighted by Crippen LogP contribution is -2.48. The van der Waals surface area contributed by atoms with Crippen LogP contribution in [0.25, 0.3) is 11.3 Å². The van der Waals surface area contributed by atoms with Crippen LogP contribution in [-0.4, -0.2) is 68.4 Å². The number of fused-ring (bicyclic) bond motifs is 1. The average Bonchev–Trinajstić information content (AvgIpc) is 3.23. The van der Waals surface area contributed by atoms with Crippen LogP contribution in [0.2, 0.25) is 5.02 Å². The summed E-state index contributed by atoms with van der Waals surface area (Å²) in [7, 11) is 3.84. The minimum absolute atomic E-state index is 0.00745. The second-order valence-corrected chi connectivity index (χ2v) is 10.1. The average molecular weight is 531 g/mol. The van der Waals surface area contributed by atoms with Gasteiger partial charge in [-0.25, -0.2) is 0 Å². The van der Waals surface area contributed by atoms with Crippen molar-refractivity contribution < 1.29 is 9.59 Å². The van der Waals surface area contributed by atoms with Gasteiger partial charge in [0, 0.05) is 49.5 Å². The van der Waals surface area contributed by atoms with Gasteiger partial charge in [0.05, 0.1) is 34.9 Å². The molecule has 2 aliphatic rings. The van der Waals surface area contributed by atoms with E-state index >= 15 is 0 Å². The smallest absolute Gasteiger partial charge is 0.258 e. The Morgan fingerprint density at radius 1 is 1.05 bits per heavy atom. The van der Waals surface area contributed by atoms with Crippen molar-refractivity contribution in [2.45, 2.75) is 0 Å². The molecule has 8 nitrogen and oxygen atoms in total. The summed E-state index contributed by atoms with van der Waals surface area (Å²) < 4.78 is 0. The predicted octanol–water partition coefficient (Wildman–Crippen LogP) is 4.06. The van der Waals surface area contributed by atoms with Gasteiger partial charge < -0.3 is 26.2 Å². The van der Waals surface area contributed by atoms with Gasteiger partial charge >= 0.3 is 0 Å². The van der Waals surface area contributed by atoms with Gasteiger partial charge in [-0.1, -0.05) is 48.0 Å². The number of piperazine rings is 1. The molecule has 4 N–H and O–H groups in total. The Balaban J connectivity index is 1.42. The summed E-state index contributed by atoms with van der Waals surface area (Å²) in [4.78, 5) is 32.1. The highest BCUT2D eigenvalue weighted by Crippen LogP contribution is 2.39. The van der Waals surface area contributed by atoms with Crippen LogP contribution in [0.15, 0.2) is 66.7 Å². The van der Waals surface area contributed by atoms with Gasteiger partial charge in [0.1, 0.15) is 0 Å². The molecule has 0 aromatic heterocycles. The number of nitrogens with zero attached hydrogens (tertiary/aromatic N) is 3. The maximum absolute atomic E-state index is 13.1. The Labute approximate surface area is 227 Å². The monoisotopic (exact) mass is 530 g/mol.